The lowest BCUT2D eigenvalue weighted by Gasteiger charge is -2.39. The fourth-order valence-corrected chi connectivity index (χ4v) is 3.21. The van der Waals surface area contributed by atoms with Crippen LogP contribution in [0.25, 0.3) is 0 Å². The average molecular weight is 226 g/mol. The second kappa shape index (κ2) is 9.10. The van der Waals surface area contributed by atoms with Crippen molar-refractivity contribution in [3.63, 3.8) is 0 Å². The number of hydrogen-bond acceptors (Lipinski definition) is 1. The SMILES string of the molecule is CCOCBCC(CC)(CC)C(CC)CC. The highest BCUT2D eigenvalue weighted by molar-refractivity contribution is 6.35. The molecule has 0 aromatic heterocycles. The van der Waals surface area contributed by atoms with E-state index in [1.165, 1.54) is 39.3 Å². The van der Waals surface area contributed by atoms with Crippen LogP contribution < -0.4 is 0 Å². The van der Waals surface area contributed by atoms with Gasteiger partial charge in [0.25, 0.3) is 0 Å². The van der Waals surface area contributed by atoms with Crippen LogP contribution in [0.1, 0.15) is 60.3 Å². The standard InChI is InChI=1S/C14H31BO/c1-6-13(7-2)14(8-3,9-4)11-15-12-16-10-5/h13,15H,6-12H2,1-5H3. The number of hydrogen-bond donors (Lipinski definition) is 0. The summed E-state index contributed by atoms with van der Waals surface area (Å²) in [4.78, 5) is 0. The molecule has 0 saturated heterocycles. The van der Waals surface area contributed by atoms with Gasteiger partial charge in [-0.05, 0) is 18.3 Å². The van der Waals surface area contributed by atoms with Crippen molar-refractivity contribution in [2.75, 3.05) is 13.1 Å². The van der Waals surface area contributed by atoms with Gasteiger partial charge in [0.1, 0.15) is 0 Å². The summed E-state index contributed by atoms with van der Waals surface area (Å²) in [5, 5.41) is 0. The first-order valence-electron chi connectivity index (χ1n) is 7.28. The minimum Gasteiger partial charge on any atom is -0.390 e. The van der Waals surface area contributed by atoms with Crippen molar-refractivity contribution < 1.29 is 4.74 Å². The van der Waals surface area contributed by atoms with Gasteiger partial charge in [-0.25, -0.2) is 0 Å². The molecule has 0 aliphatic carbocycles. The van der Waals surface area contributed by atoms with E-state index < -0.39 is 0 Å². The van der Waals surface area contributed by atoms with Crippen LogP contribution in [0.3, 0.4) is 0 Å². The number of rotatable bonds is 10. The van der Waals surface area contributed by atoms with E-state index in [4.69, 9.17) is 4.74 Å². The molecule has 0 fully saturated rings. The highest BCUT2D eigenvalue weighted by Gasteiger charge is 2.32. The number of ether oxygens (including phenoxy) is 1. The zero-order chi connectivity index (χ0) is 12.4. The molecule has 0 radical (unpaired) electrons. The van der Waals surface area contributed by atoms with E-state index in [9.17, 15) is 0 Å². The molecule has 0 N–H and O–H groups in total. The van der Waals surface area contributed by atoms with Crippen LogP contribution in [0.4, 0.5) is 0 Å². The maximum Gasteiger partial charge on any atom is 0.154 e. The summed E-state index contributed by atoms with van der Waals surface area (Å²) >= 11 is 0. The monoisotopic (exact) mass is 226 g/mol. The molecule has 0 heterocycles. The Kier molecular flexibility index (Phi) is 9.11. The normalized spacial score (nSPS) is 12.1. The van der Waals surface area contributed by atoms with E-state index in [0.29, 0.717) is 5.41 Å². The summed E-state index contributed by atoms with van der Waals surface area (Å²) in [7, 11) is 1.23. The van der Waals surface area contributed by atoms with Crippen molar-refractivity contribution in [2.45, 2.75) is 66.6 Å². The summed E-state index contributed by atoms with van der Waals surface area (Å²) < 4.78 is 5.46. The molecular formula is C14H31BO. The zero-order valence-corrected chi connectivity index (χ0v) is 12.1. The highest BCUT2D eigenvalue weighted by Crippen LogP contribution is 2.42. The molecule has 1 nitrogen and oxygen atoms in total. The minimum absolute atomic E-state index is 0.570. The third-order valence-corrected chi connectivity index (χ3v) is 4.43. The first-order chi connectivity index (χ1) is 7.70. The van der Waals surface area contributed by atoms with Crippen molar-refractivity contribution in [1.29, 1.82) is 0 Å². The van der Waals surface area contributed by atoms with Gasteiger partial charge in [-0.3, -0.25) is 0 Å². The molecule has 0 rings (SSSR count). The third kappa shape index (κ3) is 4.49. The Morgan fingerprint density at radius 2 is 1.56 bits per heavy atom. The van der Waals surface area contributed by atoms with Gasteiger partial charge in [-0.15, -0.1) is 0 Å². The van der Waals surface area contributed by atoms with E-state index in [2.05, 4.69) is 34.6 Å². The lowest BCUT2D eigenvalue weighted by atomic mass is 9.56. The van der Waals surface area contributed by atoms with E-state index in [0.717, 1.165) is 19.0 Å². The maximum atomic E-state index is 5.46. The molecule has 0 bridgehead atoms. The van der Waals surface area contributed by atoms with Crippen molar-refractivity contribution in [3.8, 4) is 0 Å². The molecule has 0 aromatic carbocycles. The molecular weight excluding hydrogens is 195 g/mol. The maximum absolute atomic E-state index is 5.46. The first-order valence-corrected chi connectivity index (χ1v) is 7.28. The fourth-order valence-electron chi connectivity index (χ4n) is 3.21. The summed E-state index contributed by atoms with van der Waals surface area (Å²) in [5.41, 5.74) is 0.570. The van der Waals surface area contributed by atoms with Crippen LogP contribution in [0.15, 0.2) is 0 Å². The predicted molar refractivity (Wildman–Crippen MR) is 75.5 cm³/mol. The van der Waals surface area contributed by atoms with Gasteiger partial charge < -0.3 is 4.74 Å². The average Bonchev–Trinajstić information content (AvgIpc) is 2.33. The molecule has 2 heteroatoms. The Balaban J connectivity index is 4.30. The lowest BCUT2D eigenvalue weighted by molar-refractivity contribution is 0.152. The second-order valence-electron chi connectivity index (χ2n) is 4.88. The van der Waals surface area contributed by atoms with Crippen LogP contribution in [-0.4, -0.2) is 20.4 Å². The summed E-state index contributed by atoms with van der Waals surface area (Å²) in [6.07, 6.45) is 6.63. The van der Waals surface area contributed by atoms with Gasteiger partial charge in [0.05, 0.1) is 0 Å². The van der Waals surface area contributed by atoms with Crippen LogP contribution in [0, 0.1) is 11.3 Å². The molecule has 0 aliphatic rings. The molecule has 16 heavy (non-hydrogen) atoms. The Morgan fingerprint density at radius 1 is 1.00 bits per heavy atom. The minimum atomic E-state index is 0.570. The van der Waals surface area contributed by atoms with Crippen molar-refractivity contribution >= 4 is 7.28 Å². The third-order valence-electron chi connectivity index (χ3n) is 4.43. The molecule has 0 saturated carbocycles. The second-order valence-corrected chi connectivity index (χ2v) is 4.88. The lowest BCUT2D eigenvalue weighted by Crippen LogP contribution is -2.31. The van der Waals surface area contributed by atoms with Gasteiger partial charge in [-0.2, -0.15) is 0 Å². The quantitative estimate of drug-likeness (QED) is 0.403. The molecule has 0 spiro atoms. The first kappa shape index (κ1) is 16.0. The summed E-state index contributed by atoms with van der Waals surface area (Å²) in [5.74, 6) is 0.893. The molecule has 0 atom stereocenters. The van der Waals surface area contributed by atoms with Crippen LogP contribution in [0.5, 0.6) is 0 Å². The summed E-state index contributed by atoms with van der Waals surface area (Å²) in [6, 6.07) is 0. The zero-order valence-electron chi connectivity index (χ0n) is 12.1. The van der Waals surface area contributed by atoms with Crippen LogP contribution in [0.2, 0.25) is 6.32 Å². The Labute approximate surface area is 104 Å². The topological polar surface area (TPSA) is 9.23 Å². The molecule has 0 amide bonds. The predicted octanol–water partition coefficient (Wildman–Crippen LogP) is 4.08. The van der Waals surface area contributed by atoms with Gasteiger partial charge in [-0.1, -0.05) is 59.7 Å². The highest BCUT2D eigenvalue weighted by atomic mass is 16.5. The van der Waals surface area contributed by atoms with Gasteiger partial charge in [0, 0.05) is 13.1 Å². The van der Waals surface area contributed by atoms with E-state index in [1.807, 2.05) is 0 Å². The van der Waals surface area contributed by atoms with Gasteiger partial charge >= 0.3 is 0 Å². The van der Waals surface area contributed by atoms with Crippen molar-refractivity contribution in [1.82, 2.24) is 0 Å². The largest absolute Gasteiger partial charge is 0.390 e. The van der Waals surface area contributed by atoms with Crippen LogP contribution in [-0.2, 0) is 4.74 Å². The van der Waals surface area contributed by atoms with Crippen LogP contribution >= 0.6 is 0 Å². The van der Waals surface area contributed by atoms with Gasteiger partial charge in [0.15, 0.2) is 7.28 Å². The molecule has 96 valence electrons. The summed E-state index contributed by atoms with van der Waals surface area (Å²) in [6.45, 7) is 13.3. The Bertz CT molecular complexity index is 151. The Morgan fingerprint density at radius 3 is 1.94 bits per heavy atom. The Hall–Kier alpha value is 0.0249. The van der Waals surface area contributed by atoms with E-state index >= 15 is 0 Å². The molecule has 0 aromatic rings. The van der Waals surface area contributed by atoms with Crippen molar-refractivity contribution in [2.24, 2.45) is 11.3 Å². The molecule has 0 unspecified atom stereocenters. The fraction of sp³-hybridized carbons (Fsp3) is 1.00. The van der Waals surface area contributed by atoms with E-state index in [1.54, 1.807) is 0 Å². The van der Waals surface area contributed by atoms with E-state index in [-0.39, 0.29) is 0 Å². The molecule has 0 aliphatic heterocycles. The smallest absolute Gasteiger partial charge is 0.154 e. The van der Waals surface area contributed by atoms with Gasteiger partial charge in [0.2, 0.25) is 0 Å². The van der Waals surface area contributed by atoms with Crippen molar-refractivity contribution in [3.05, 3.63) is 0 Å².